The van der Waals surface area contributed by atoms with Crippen LogP contribution in [0, 0.1) is 11.8 Å². The van der Waals surface area contributed by atoms with Crippen LogP contribution in [0.1, 0.15) is 19.3 Å². The van der Waals surface area contributed by atoms with Crippen molar-refractivity contribution in [2.24, 2.45) is 17.0 Å². The first kappa shape index (κ1) is 15.6. The third kappa shape index (κ3) is 5.39. The Morgan fingerprint density at radius 2 is 1.84 bits per heavy atom. The van der Waals surface area contributed by atoms with Crippen LogP contribution in [0.3, 0.4) is 0 Å². The second kappa shape index (κ2) is 6.67. The first-order valence-electron chi connectivity index (χ1n) is 5.97. The molecule has 19 heavy (non-hydrogen) atoms. The van der Waals surface area contributed by atoms with Gasteiger partial charge in [-0.2, -0.15) is 0 Å². The summed E-state index contributed by atoms with van der Waals surface area (Å²) in [5.41, 5.74) is 0. The molecule has 0 saturated carbocycles. The number of nitrogens with one attached hydrogen (secondary N) is 1. The smallest absolute Gasteiger partial charge is 0.307 e. The molecule has 8 heteroatoms. The Kier molecular flexibility index (Phi) is 5.49. The van der Waals surface area contributed by atoms with Crippen LogP contribution in [0.5, 0.6) is 0 Å². The summed E-state index contributed by atoms with van der Waals surface area (Å²) in [5.74, 6) is -2.87. The van der Waals surface area contributed by atoms with E-state index in [0.717, 1.165) is 0 Å². The van der Waals surface area contributed by atoms with Gasteiger partial charge in [0.1, 0.15) is 0 Å². The maximum Gasteiger partial charge on any atom is 0.307 e. The number of carboxylic acid groups (broad SMARTS) is 1. The van der Waals surface area contributed by atoms with Crippen LogP contribution in [0.2, 0.25) is 0 Å². The summed E-state index contributed by atoms with van der Waals surface area (Å²) in [4.78, 5) is 22.9. The van der Waals surface area contributed by atoms with Crippen molar-refractivity contribution in [2.75, 3.05) is 12.3 Å². The third-order valence-electron chi connectivity index (χ3n) is 2.99. The maximum absolute atomic E-state index is 11.8. The van der Waals surface area contributed by atoms with Gasteiger partial charge in [0, 0.05) is 6.54 Å². The van der Waals surface area contributed by atoms with Crippen LogP contribution in [0.15, 0.2) is 12.2 Å². The van der Waals surface area contributed by atoms with Crippen molar-refractivity contribution < 1.29 is 23.1 Å². The lowest BCUT2D eigenvalue weighted by atomic mass is 9.82. The molecule has 0 unspecified atom stereocenters. The number of hydrogen-bond donors (Lipinski definition) is 3. The van der Waals surface area contributed by atoms with Gasteiger partial charge in [-0.25, -0.2) is 13.6 Å². The van der Waals surface area contributed by atoms with Gasteiger partial charge in [0.05, 0.1) is 17.6 Å². The summed E-state index contributed by atoms with van der Waals surface area (Å²) in [6.45, 7) is 0.168. The first-order chi connectivity index (χ1) is 8.81. The number of hydrogen-bond acceptors (Lipinski definition) is 4. The summed E-state index contributed by atoms with van der Waals surface area (Å²) < 4.78 is 21.4. The molecule has 0 aromatic heterocycles. The van der Waals surface area contributed by atoms with Crippen molar-refractivity contribution in [3.63, 3.8) is 0 Å². The van der Waals surface area contributed by atoms with Crippen molar-refractivity contribution in [1.29, 1.82) is 0 Å². The van der Waals surface area contributed by atoms with Gasteiger partial charge in [-0.15, -0.1) is 0 Å². The molecule has 1 aliphatic rings. The van der Waals surface area contributed by atoms with Gasteiger partial charge in [-0.3, -0.25) is 9.59 Å². The van der Waals surface area contributed by atoms with Gasteiger partial charge >= 0.3 is 5.97 Å². The summed E-state index contributed by atoms with van der Waals surface area (Å²) in [5, 5.41) is 16.4. The molecule has 0 heterocycles. The van der Waals surface area contributed by atoms with Crippen LogP contribution in [-0.4, -0.2) is 37.7 Å². The summed E-state index contributed by atoms with van der Waals surface area (Å²) >= 11 is 0. The summed E-state index contributed by atoms with van der Waals surface area (Å²) in [6, 6.07) is 0. The quantitative estimate of drug-likeness (QED) is 0.447. The van der Waals surface area contributed by atoms with E-state index in [9.17, 15) is 18.0 Å². The predicted octanol–water partition coefficient (Wildman–Crippen LogP) is -0.552. The van der Waals surface area contributed by atoms with Crippen molar-refractivity contribution in [3.05, 3.63) is 12.2 Å². The zero-order valence-electron chi connectivity index (χ0n) is 10.4. The van der Waals surface area contributed by atoms with Gasteiger partial charge in [0.15, 0.2) is 0 Å². The number of rotatable bonds is 6. The zero-order chi connectivity index (χ0) is 14.5. The van der Waals surface area contributed by atoms with E-state index in [1.165, 1.54) is 0 Å². The predicted molar refractivity (Wildman–Crippen MR) is 68.6 cm³/mol. The summed E-state index contributed by atoms with van der Waals surface area (Å²) in [7, 11) is -3.53. The molecule has 1 aliphatic carbocycles. The molecular weight excluding hydrogens is 272 g/mol. The minimum atomic E-state index is -3.53. The average Bonchev–Trinajstić information content (AvgIpc) is 2.33. The van der Waals surface area contributed by atoms with Crippen LogP contribution >= 0.6 is 0 Å². The van der Waals surface area contributed by atoms with Crippen LogP contribution < -0.4 is 10.5 Å². The topological polar surface area (TPSA) is 127 Å². The fourth-order valence-corrected chi connectivity index (χ4v) is 2.54. The van der Waals surface area contributed by atoms with E-state index in [-0.39, 0.29) is 24.6 Å². The third-order valence-corrected chi connectivity index (χ3v) is 3.85. The minimum absolute atomic E-state index is 0.168. The fourth-order valence-electron chi connectivity index (χ4n) is 1.99. The summed E-state index contributed by atoms with van der Waals surface area (Å²) in [6.07, 6.45) is 4.48. The molecule has 0 aromatic rings. The molecule has 1 rings (SSSR count). The molecule has 1 amide bonds. The maximum atomic E-state index is 11.8. The van der Waals surface area contributed by atoms with Crippen LogP contribution in [0.25, 0.3) is 0 Å². The Balaban J connectivity index is 2.44. The van der Waals surface area contributed by atoms with Crippen molar-refractivity contribution >= 4 is 21.9 Å². The minimum Gasteiger partial charge on any atom is -0.481 e. The standard InChI is InChI=1S/C11H18N2O5S/c12-19(17,18)7-3-6-13-10(14)8-4-1-2-5-9(8)11(15)16/h1-2,8-9H,3-7H2,(H,13,14)(H,15,16)(H2,12,17,18)/t8-,9+/m1/s1. The van der Waals surface area contributed by atoms with Crippen LogP contribution in [0.4, 0.5) is 0 Å². The van der Waals surface area contributed by atoms with E-state index in [1.54, 1.807) is 12.2 Å². The molecule has 0 saturated heterocycles. The second-order valence-electron chi connectivity index (χ2n) is 4.51. The molecule has 2 atom stereocenters. The van der Waals surface area contributed by atoms with E-state index in [4.69, 9.17) is 10.2 Å². The van der Waals surface area contributed by atoms with Crippen molar-refractivity contribution in [2.45, 2.75) is 19.3 Å². The molecule has 0 radical (unpaired) electrons. The molecular formula is C11H18N2O5S. The van der Waals surface area contributed by atoms with Gasteiger partial charge in [-0.05, 0) is 19.3 Å². The number of carboxylic acids is 1. The highest BCUT2D eigenvalue weighted by Gasteiger charge is 2.33. The van der Waals surface area contributed by atoms with Gasteiger partial charge in [-0.1, -0.05) is 12.2 Å². The normalized spacial score (nSPS) is 23.0. The lowest BCUT2D eigenvalue weighted by Gasteiger charge is -2.24. The van der Waals surface area contributed by atoms with Crippen molar-refractivity contribution in [1.82, 2.24) is 5.32 Å². The Bertz CT molecular complexity index is 471. The molecule has 0 aliphatic heterocycles. The Morgan fingerprint density at radius 1 is 1.26 bits per heavy atom. The number of allylic oxidation sites excluding steroid dienone is 2. The Morgan fingerprint density at radius 3 is 2.37 bits per heavy atom. The number of carbonyl (C=O) groups is 2. The van der Waals surface area contributed by atoms with Crippen LogP contribution in [-0.2, 0) is 19.6 Å². The number of primary sulfonamides is 1. The SMILES string of the molecule is NS(=O)(=O)CCCNC(=O)[C@@H]1CC=CC[C@@H]1C(=O)O. The highest BCUT2D eigenvalue weighted by atomic mass is 32.2. The lowest BCUT2D eigenvalue weighted by Crippen LogP contribution is -2.39. The highest BCUT2D eigenvalue weighted by Crippen LogP contribution is 2.25. The number of aliphatic carboxylic acids is 1. The van der Waals surface area contributed by atoms with E-state index in [1.807, 2.05) is 0 Å². The largest absolute Gasteiger partial charge is 0.481 e. The monoisotopic (exact) mass is 290 g/mol. The molecule has 0 fully saturated rings. The number of nitrogens with two attached hydrogens (primary N) is 1. The zero-order valence-corrected chi connectivity index (χ0v) is 11.2. The van der Waals surface area contributed by atoms with E-state index < -0.39 is 27.8 Å². The average molecular weight is 290 g/mol. The number of carbonyl (C=O) groups excluding carboxylic acids is 1. The molecule has 0 bridgehead atoms. The van der Waals surface area contributed by atoms with Gasteiger partial charge in [0.2, 0.25) is 15.9 Å². The van der Waals surface area contributed by atoms with E-state index in [2.05, 4.69) is 5.32 Å². The first-order valence-corrected chi connectivity index (χ1v) is 7.69. The number of sulfonamides is 1. The van der Waals surface area contributed by atoms with Gasteiger partial charge < -0.3 is 10.4 Å². The molecule has 0 aromatic carbocycles. The van der Waals surface area contributed by atoms with Crippen molar-refractivity contribution in [3.8, 4) is 0 Å². The molecule has 7 nitrogen and oxygen atoms in total. The van der Waals surface area contributed by atoms with Gasteiger partial charge in [0.25, 0.3) is 0 Å². The number of amides is 1. The van der Waals surface area contributed by atoms with E-state index in [0.29, 0.717) is 12.8 Å². The highest BCUT2D eigenvalue weighted by molar-refractivity contribution is 7.89. The molecule has 0 spiro atoms. The molecule has 4 N–H and O–H groups in total. The fraction of sp³-hybridized carbons (Fsp3) is 0.636. The Labute approximate surface area is 111 Å². The lowest BCUT2D eigenvalue weighted by molar-refractivity contribution is -0.147. The second-order valence-corrected chi connectivity index (χ2v) is 6.24. The molecule has 108 valence electrons. The Hall–Kier alpha value is -1.41. The van der Waals surface area contributed by atoms with E-state index >= 15 is 0 Å².